The van der Waals surface area contributed by atoms with Crippen molar-refractivity contribution >= 4 is 52.9 Å². The molecule has 31 heavy (non-hydrogen) atoms. The zero-order chi connectivity index (χ0) is 22.4. The lowest BCUT2D eigenvalue weighted by Gasteiger charge is -2.10. The molecular weight excluding hydrogens is 463 g/mol. The van der Waals surface area contributed by atoms with Gasteiger partial charge in [-0.3, -0.25) is 4.79 Å². The van der Waals surface area contributed by atoms with Crippen LogP contribution in [0, 0.1) is 0 Å². The number of ether oxygens (including phenoxy) is 2. The Labute approximate surface area is 193 Å². The summed E-state index contributed by atoms with van der Waals surface area (Å²) in [6.07, 6.45) is 1.41. The first kappa shape index (κ1) is 22.6. The van der Waals surface area contributed by atoms with Crippen LogP contribution in [0.2, 0.25) is 15.1 Å². The van der Waals surface area contributed by atoms with Crippen molar-refractivity contribution in [3.63, 3.8) is 0 Å². The molecule has 0 fully saturated rings. The fourth-order valence-electron chi connectivity index (χ4n) is 2.49. The molecule has 1 amide bonds. The van der Waals surface area contributed by atoms with Crippen LogP contribution in [0.5, 0.6) is 11.5 Å². The van der Waals surface area contributed by atoms with Gasteiger partial charge >= 0.3 is 5.97 Å². The minimum absolute atomic E-state index is 0.216. The van der Waals surface area contributed by atoms with Crippen molar-refractivity contribution in [2.75, 3.05) is 7.11 Å². The van der Waals surface area contributed by atoms with Gasteiger partial charge in [0, 0.05) is 10.0 Å². The Kier molecular flexibility index (Phi) is 7.52. The molecule has 3 rings (SSSR count). The number of nitrogens with one attached hydrogen (secondary N) is 1. The van der Waals surface area contributed by atoms with Crippen LogP contribution >= 0.6 is 34.8 Å². The molecule has 0 aromatic heterocycles. The molecule has 3 aromatic carbocycles. The second kappa shape index (κ2) is 10.3. The second-order valence-electron chi connectivity index (χ2n) is 6.13. The lowest BCUT2D eigenvalue weighted by molar-refractivity contribution is 0.0729. The zero-order valence-corrected chi connectivity index (χ0v) is 18.3. The smallest absolute Gasteiger partial charge is 0.343 e. The van der Waals surface area contributed by atoms with Gasteiger partial charge in [-0.2, -0.15) is 5.10 Å². The highest BCUT2D eigenvalue weighted by atomic mass is 35.5. The van der Waals surface area contributed by atoms with E-state index in [0.29, 0.717) is 26.9 Å². The van der Waals surface area contributed by atoms with Crippen molar-refractivity contribution in [2.24, 2.45) is 5.10 Å². The molecule has 0 radical (unpaired) electrons. The van der Waals surface area contributed by atoms with E-state index in [2.05, 4.69) is 10.5 Å². The lowest BCUT2D eigenvalue weighted by Crippen LogP contribution is -2.18. The SMILES string of the molecule is COc1cc(/C=N\NC(=O)c2ccc(Cl)cc2Cl)ccc1OC(=O)c1ccc(Cl)cc1. The van der Waals surface area contributed by atoms with E-state index in [4.69, 9.17) is 44.3 Å². The van der Waals surface area contributed by atoms with Crippen LogP contribution < -0.4 is 14.9 Å². The number of benzene rings is 3. The molecule has 158 valence electrons. The van der Waals surface area contributed by atoms with Crippen LogP contribution in [-0.4, -0.2) is 25.2 Å². The fourth-order valence-corrected chi connectivity index (χ4v) is 3.11. The molecule has 0 atom stereocenters. The molecule has 0 spiro atoms. The number of nitrogens with zero attached hydrogens (tertiary/aromatic N) is 1. The summed E-state index contributed by atoms with van der Waals surface area (Å²) < 4.78 is 10.7. The first-order chi connectivity index (χ1) is 14.9. The van der Waals surface area contributed by atoms with E-state index in [1.807, 2.05) is 0 Å². The number of hydrogen-bond acceptors (Lipinski definition) is 5. The maximum atomic E-state index is 12.3. The number of esters is 1. The first-order valence-corrected chi connectivity index (χ1v) is 9.95. The highest BCUT2D eigenvalue weighted by Gasteiger charge is 2.13. The van der Waals surface area contributed by atoms with Gasteiger partial charge in [-0.1, -0.05) is 34.8 Å². The normalized spacial score (nSPS) is 10.7. The van der Waals surface area contributed by atoms with Gasteiger partial charge in [-0.25, -0.2) is 10.2 Å². The van der Waals surface area contributed by atoms with Gasteiger partial charge in [0.2, 0.25) is 0 Å². The van der Waals surface area contributed by atoms with E-state index in [1.165, 1.54) is 25.5 Å². The number of carbonyl (C=O) groups excluding carboxylic acids is 2. The molecule has 0 aliphatic carbocycles. The van der Waals surface area contributed by atoms with E-state index < -0.39 is 11.9 Å². The molecule has 0 heterocycles. The average molecular weight is 478 g/mol. The van der Waals surface area contributed by atoms with Gasteiger partial charge in [-0.15, -0.1) is 0 Å². The van der Waals surface area contributed by atoms with Gasteiger partial charge in [-0.05, 0) is 66.2 Å². The number of halogens is 3. The Hall–Kier alpha value is -3.06. The van der Waals surface area contributed by atoms with Crippen LogP contribution in [0.1, 0.15) is 26.3 Å². The monoisotopic (exact) mass is 476 g/mol. The summed E-state index contributed by atoms with van der Waals surface area (Å²) in [4.78, 5) is 24.5. The van der Waals surface area contributed by atoms with Crippen LogP contribution in [-0.2, 0) is 0 Å². The molecule has 0 saturated carbocycles. The van der Waals surface area contributed by atoms with Crippen LogP contribution in [0.3, 0.4) is 0 Å². The molecular formula is C22H15Cl3N2O4. The number of carbonyl (C=O) groups is 2. The number of methoxy groups -OCH3 is 1. The summed E-state index contributed by atoms with van der Waals surface area (Å²) in [5.41, 5.74) is 3.58. The number of hydrazone groups is 1. The van der Waals surface area contributed by atoms with E-state index in [-0.39, 0.29) is 16.3 Å². The number of amides is 1. The summed E-state index contributed by atoms with van der Waals surface area (Å²) in [5, 5.41) is 5.07. The molecule has 6 nitrogen and oxygen atoms in total. The van der Waals surface area contributed by atoms with Crippen molar-refractivity contribution in [1.29, 1.82) is 0 Å². The Morgan fingerprint density at radius 3 is 2.29 bits per heavy atom. The van der Waals surface area contributed by atoms with Gasteiger partial charge < -0.3 is 9.47 Å². The minimum Gasteiger partial charge on any atom is -0.493 e. The zero-order valence-electron chi connectivity index (χ0n) is 16.1. The summed E-state index contributed by atoms with van der Waals surface area (Å²) in [5.74, 6) is -0.489. The maximum Gasteiger partial charge on any atom is 0.343 e. The Morgan fingerprint density at radius 1 is 0.903 bits per heavy atom. The van der Waals surface area contributed by atoms with Gasteiger partial charge in [0.1, 0.15) is 0 Å². The molecule has 9 heteroatoms. The summed E-state index contributed by atoms with van der Waals surface area (Å²) in [7, 11) is 1.44. The average Bonchev–Trinajstić information content (AvgIpc) is 2.75. The standard InChI is InChI=1S/C22H15Cl3N2O4/c1-30-20-10-13(12-26-27-21(28)17-8-7-16(24)11-18(17)25)2-9-19(20)31-22(29)14-3-5-15(23)6-4-14/h2-12H,1H3,(H,27,28)/b26-12-. The molecule has 1 N–H and O–H groups in total. The van der Waals surface area contributed by atoms with Gasteiger partial charge in [0.25, 0.3) is 5.91 Å². The third-order valence-electron chi connectivity index (χ3n) is 4.03. The second-order valence-corrected chi connectivity index (χ2v) is 7.41. The summed E-state index contributed by atoms with van der Waals surface area (Å²) >= 11 is 17.7. The lowest BCUT2D eigenvalue weighted by atomic mass is 10.2. The predicted molar refractivity (Wildman–Crippen MR) is 121 cm³/mol. The maximum absolute atomic E-state index is 12.3. The van der Waals surface area contributed by atoms with Crippen molar-refractivity contribution in [2.45, 2.75) is 0 Å². The molecule has 0 aliphatic heterocycles. The predicted octanol–water partition coefficient (Wildman–Crippen LogP) is 5.64. The van der Waals surface area contributed by atoms with Crippen molar-refractivity contribution in [3.8, 4) is 11.5 Å². The van der Waals surface area contributed by atoms with Gasteiger partial charge in [0.05, 0.1) is 29.5 Å². The largest absolute Gasteiger partial charge is 0.493 e. The highest BCUT2D eigenvalue weighted by molar-refractivity contribution is 6.36. The van der Waals surface area contributed by atoms with E-state index >= 15 is 0 Å². The molecule has 0 bridgehead atoms. The van der Waals surface area contributed by atoms with Crippen molar-refractivity contribution in [1.82, 2.24) is 5.43 Å². The minimum atomic E-state index is -0.552. The summed E-state index contributed by atoms with van der Waals surface area (Å²) in [6.45, 7) is 0. The molecule has 0 unspecified atom stereocenters. The van der Waals surface area contributed by atoms with Gasteiger partial charge in [0.15, 0.2) is 11.5 Å². The number of rotatable bonds is 6. The fraction of sp³-hybridized carbons (Fsp3) is 0.0455. The summed E-state index contributed by atoms with van der Waals surface area (Å²) in [6, 6.07) is 15.7. The third-order valence-corrected chi connectivity index (χ3v) is 4.83. The van der Waals surface area contributed by atoms with E-state index in [1.54, 1.807) is 48.5 Å². The Balaban J connectivity index is 1.68. The molecule has 3 aromatic rings. The van der Waals surface area contributed by atoms with Crippen molar-refractivity contribution < 1.29 is 19.1 Å². The van der Waals surface area contributed by atoms with Crippen LogP contribution in [0.4, 0.5) is 0 Å². The van der Waals surface area contributed by atoms with E-state index in [0.717, 1.165) is 0 Å². The quantitative estimate of drug-likeness (QED) is 0.216. The van der Waals surface area contributed by atoms with E-state index in [9.17, 15) is 9.59 Å². The van der Waals surface area contributed by atoms with Crippen molar-refractivity contribution in [3.05, 3.63) is 92.4 Å². The first-order valence-electron chi connectivity index (χ1n) is 8.81. The third kappa shape index (κ3) is 5.98. The molecule has 0 aliphatic rings. The number of hydrogen-bond donors (Lipinski definition) is 1. The van der Waals surface area contributed by atoms with Crippen LogP contribution in [0.25, 0.3) is 0 Å². The molecule has 0 saturated heterocycles. The Bertz CT molecular complexity index is 1150. The topological polar surface area (TPSA) is 77.0 Å². The Morgan fingerprint density at radius 2 is 1.61 bits per heavy atom. The highest BCUT2D eigenvalue weighted by Crippen LogP contribution is 2.28. The van der Waals surface area contributed by atoms with Crippen LogP contribution in [0.15, 0.2) is 65.8 Å².